The zero-order valence-corrected chi connectivity index (χ0v) is 8.09. The second-order valence-corrected chi connectivity index (χ2v) is 1.91. The van der Waals surface area contributed by atoms with E-state index in [2.05, 4.69) is 0 Å². The SMILES string of the molecule is O=C([O-])CC(Cl)C(=O)O.[Na+]. The summed E-state index contributed by atoms with van der Waals surface area (Å²) in [5, 5.41) is 16.3. The smallest absolute Gasteiger partial charge is 0.550 e. The van der Waals surface area contributed by atoms with Crippen LogP contribution in [0.1, 0.15) is 6.42 Å². The molecule has 52 valence electrons. The molecule has 0 saturated carbocycles. The number of hydrogen-bond donors (Lipinski definition) is 1. The summed E-state index contributed by atoms with van der Waals surface area (Å²) in [7, 11) is 0. The predicted octanol–water partition coefficient (Wildman–Crippen LogP) is -4.18. The van der Waals surface area contributed by atoms with E-state index in [1.54, 1.807) is 0 Å². The van der Waals surface area contributed by atoms with Gasteiger partial charge in [-0.25, -0.2) is 0 Å². The van der Waals surface area contributed by atoms with Gasteiger partial charge in [0.15, 0.2) is 0 Å². The van der Waals surface area contributed by atoms with E-state index in [-0.39, 0.29) is 29.6 Å². The molecule has 0 aromatic carbocycles. The molecule has 1 unspecified atom stereocenters. The molecule has 1 atom stereocenters. The number of aliphatic carboxylic acids is 2. The Bertz CT molecular complexity index is 137. The predicted molar refractivity (Wildman–Crippen MR) is 26.9 cm³/mol. The summed E-state index contributed by atoms with van der Waals surface area (Å²) in [4.78, 5) is 19.5. The van der Waals surface area contributed by atoms with Crippen molar-refractivity contribution >= 4 is 23.5 Å². The molecule has 0 aromatic heterocycles. The maximum atomic E-state index is 9.81. The molecule has 0 fully saturated rings. The van der Waals surface area contributed by atoms with Crippen LogP contribution in [0.15, 0.2) is 0 Å². The van der Waals surface area contributed by atoms with Gasteiger partial charge < -0.3 is 15.0 Å². The number of carbonyl (C=O) groups is 2. The van der Waals surface area contributed by atoms with Crippen molar-refractivity contribution in [2.24, 2.45) is 0 Å². The maximum Gasteiger partial charge on any atom is 1.00 e. The number of hydrogen-bond acceptors (Lipinski definition) is 3. The van der Waals surface area contributed by atoms with Crippen LogP contribution in [0, 0.1) is 0 Å². The van der Waals surface area contributed by atoms with E-state index in [4.69, 9.17) is 16.7 Å². The first kappa shape index (κ1) is 12.9. The second-order valence-electron chi connectivity index (χ2n) is 1.38. The van der Waals surface area contributed by atoms with Crippen LogP contribution in [0.25, 0.3) is 0 Å². The van der Waals surface area contributed by atoms with Crippen molar-refractivity contribution < 1.29 is 49.4 Å². The fraction of sp³-hybridized carbons (Fsp3) is 0.500. The van der Waals surface area contributed by atoms with Crippen molar-refractivity contribution in [3.63, 3.8) is 0 Å². The standard InChI is InChI=1S/C4H5ClO4.Na/c5-2(4(8)9)1-3(6)7;/h2H,1H2,(H,6,7)(H,8,9);/q;+1/p-1. The topological polar surface area (TPSA) is 77.4 Å². The Morgan fingerprint density at radius 2 is 2.00 bits per heavy atom. The molecule has 6 heteroatoms. The van der Waals surface area contributed by atoms with Crippen LogP contribution in [0.5, 0.6) is 0 Å². The zero-order chi connectivity index (χ0) is 7.44. The number of rotatable bonds is 3. The largest absolute Gasteiger partial charge is 1.00 e. The summed E-state index contributed by atoms with van der Waals surface area (Å²) < 4.78 is 0. The van der Waals surface area contributed by atoms with Gasteiger partial charge in [-0.05, 0) is 0 Å². The molecule has 0 aliphatic carbocycles. The van der Waals surface area contributed by atoms with Gasteiger partial charge in [0.25, 0.3) is 0 Å². The van der Waals surface area contributed by atoms with Crippen LogP contribution < -0.4 is 34.7 Å². The Morgan fingerprint density at radius 3 is 2.10 bits per heavy atom. The Labute approximate surface area is 84.5 Å². The van der Waals surface area contributed by atoms with E-state index in [1.165, 1.54) is 0 Å². The summed E-state index contributed by atoms with van der Waals surface area (Å²) in [5.74, 6) is -2.81. The van der Waals surface area contributed by atoms with E-state index in [0.717, 1.165) is 0 Å². The molecule has 0 heterocycles. The van der Waals surface area contributed by atoms with E-state index in [1.807, 2.05) is 0 Å². The van der Waals surface area contributed by atoms with Gasteiger partial charge in [-0.15, -0.1) is 11.6 Å². The van der Waals surface area contributed by atoms with Gasteiger partial charge >= 0.3 is 35.5 Å². The molecule has 4 nitrogen and oxygen atoms in total. The first-order valence-electron chi connectivity index (χ1n) is 2.10. The molecule has 0 aromatic rings. The van der Waals surface area contributed by atoms with Crippen LogP contribution in [-0.2, 0) is 9.59 Å². The third kappa shape index (κ3) is 6.35. The fourth-order valence-electron chi connectivity index (χ4n) is 0.234. The van der Waals surface area contributed by atoms with Crippen molar-refractivity contribution in [3.8, 4) is 0 Å². The average molecular weight is 175 g/mol. The van der Waals surface area contributed by atoms with Gasteiger partial charge in [0, 0.05) is 12.4 Å². The van der Waals surface area contributed by atoms with Gasteiger partial charge in [-0.3, -0.25) is 4.79 Å². The number of carbonyl (C=O) groups excluding carboxylic acids is 1. The molecule has 10 heavy (non-hydrogen) atoms. The molecule has 0 rings (SSSR count). The van der Waals surface area contributed by atoms with Crippen LogP contribution in [0.4, 0.5) is 0 Å². The van der Waals surface area contributed by atoms with Crippen molar-refractivity contribution in [1.29, 1.82) is 0 Å². The van der Waals surface area contributed by atoms with E-state index in [0.29, 0.717) is 0 Å². The number of carboxylic acid groups (broad SMARTS) is 2. The fourth-order valence-corrected chi connectivity index (χ4v) is 0.360. The van der Waals surface area contributed by atoms with Crippen molar-refractivity contribution in [1.82, 2.24) is 0 Å². The minimum absolute atomic E-state index is 0. The van der Waals surface area contributed by atoms with Crippen LogP contribution in [0.3, 0.4) is 0 Å². The average Bonchev–Trinajstić information content (AvgIpc) is 1.63. The number of alkyl halides is 1. The van der Waals surface area contributed by atoms with Crippen LogP contribution in [0.2, 0.25) is 0 Å². The summed E-state index contributed by atoms with van der Waals surface area (Å²) in [5.41, 5.74) is 0. The van der Waals surface area contributed by atoms with Gasteiger partial charge in [-0.1, -0.05) is 0 Å². The van der Waals surface area contributed by atoms with Gasteiger partial charge in [0.2, 0.25) is 0 Å². The van der Waals surface area contributed by atoms with Crippen molar-refractivity contribution in [2.45, 2.75) is 11.8 Å². The maximum absolute atomic E-state index is 9.81. The molecule has 0 amide bonds. The summed E-state index contributed by atoms with van der Waals surface area (Å²) >= 11 is 4.99. The van der Waals surface area contributed by atoms with Gasteiger partial charge in [0.05, 0.1) is 0 Å². The van der Waals surface area contributed by atoms with Crippen LogP contribution >= 0.6 is 11.6 Å². The molecule has 0 bridgehead atoms. The molecule has 1 N–H and O–H groups in total. The van der Waals surface area contributed by atoms with Gasteiger partial charge in [-0.2, -0.15) is 0 Å². The third-order valence-electron chi connectivity index (χ3n) is 0.614. The second kappa shape index (κ2) is 5.97. The Hall–Kier alpha value is 0.230. The Balaban J connectivity index is 0. The molecule has 0 saturated heterocycles. The first-order chi connectivity index (χ1) is 4.04. The summed E-state index contributed by atoms with van der Waals surface area (Å²) in [6.07, 6.45) is -0.656. The van der Waals surface area contributed by atoms with E-state index >= 15 is 0 Å². The van der Waals surface area contributed by atoms with Gasteiger partial charge in [0.1, 0.15) is 5.38 Å². The third-order valence-corrected chi connectivity index (χ3v) is 0.955. The van der Waals surface area contributed by atoms with E-state index < -0.39 is 23.7 Å². The Kier molecular flexibility index (Phi) is 7.69. The van der Waals surface area contributed by atoms with E-state index in [9.17, 15) is 14.7 Å². The Morgan fingerprint density at radius 1 is 1.60 bits per heavy atom. The summed E-state index contributed by atoms with van der Waals surface area (Å²) in [6, 6.07) is 0. The quantitative estimate of drug-likeness (QED) is 0.348. The molecule has 0 spiro atoms. The number of halogens is 1. The normalized spacial score (nSPS) is 11.3. The zero-order valence-electron chi connectivity index (χ0n) is 5.33. The molecule has 0 aliphatic heterocycles. The molecule has 0 radical (unpaired) electrons. The van der Waals surface area contributed by atoms with Crippen molar-refractivity contribution in [2.75, 3.05) is 0 Å². The monoisotopic (exact) mass is 174 g/mol. The number of carboxylic acids is 2. The van der Waals surface area contributed by atoms with Crippen LogP contribution in [-0.4, -0.2) is 22.4 Å². The van der Waals surface area contributed by atoms with Crippen molar-refractivity contribution in [3.05, 3.63) is 0 Å². The molecule has 0 aliphatic rings. The summed E-state index contributed by atoms with van der Waals surface area (Å²) in [6.45, 7) is 0. The first-order valence-corrected chi connectivity index (χ1v) is 2.54. The minimum atomic E-state index is -1.46. The molecular weight excluding hydrogens is 170 g/mol. The minimum Gasteiger partial charge on any atom is -0.550 e. The molecular formula is C4H4ClNaO4.